The van der Waals surface area contributed by atoms with Crippen LogP contribution in [0.3, 0.4) is 0 Å². The average molecular weight is 316 g/mol. The summed E-state index contributed by atoms with van der Waals surface area (Å²) < 4.78 is 0.825. The van der Waals surface area contributed by atoms with Crippen molar-refractivity contribution in [2.75, 3.05) is 37.0 Å². The van der Waals surface area contributed by atoms with Crippen molar-refractivity contribution in [2.45, 2.75) is 0 Å². The molecule has 1 saturated heterocycles. The number of aromatic nitrogens is 1. The quantitative estimate of drug-likeness (QED) is 0.907. The Morgan fingerprint density at radius 1 is 1.53 bits per heavy atom. The van der Waals surface area contributed by atoms with Crippen LogP contribution in [0.25, 0.3) is 0 Å². The van der Waals surface area contributed by atoms with E-state index in [1.807, 2.05) is 22.7 Å². The third kappa shape index (κ3) is 2.93. The van der Waals surface area contributed by atoms with Crippen LogP contribution in [0, 0.1) is 0 Å². The van der Waals surface area contributed by atoms with Gasteiger partial charge < -0.3 is 10.2 Å². The van der Waals surface area contributed by atoms with Gasteiger partial charge in [0, 0.05) is 42.3 Å². The summed E-state index contributed by atoms with van der Waals surface area (Å²) >= 11 is 5.24. The van der Waals surface area contributed by atoms with Crippen molar-refractivity contribution >= 4 is 39.4 Å². The predicted octanol–water partition coefficient (Wildman–Crippen LogP) is 2.07. The molecule has 4 nitrogen and oxygen atoms in total. The first kappa shape index (κ1) is 12.7. The molecule has 0 radical (unpaired) electrons. The summed E-state index contributed by atoms with van der Waals surface area (Å²) in [6, 6.07) is 1.82. The minimum Gasteiger partial charge on any atom is -0.372 e. The van der Waals surface area contributed by atoms with Crippen molar-refractivity contribution in [1.29, 1.82) is 0 Å². The SMILES string of the molecule is CNc1ncc(Br)cc1C(=O)N1CCSCC1. The van der Waals surface area contributed by atoms with Crippen LogP contribution in [-0.4, -0.2) is 47.4 Å². The first-order valence-electron chi connectivity index (χ1n) is 5.42. The number of anilines is 1. The fourth-order valence-corrected chi connectivity index (χ4v) is 2.97. The molecule has 1 aromatic rings. The number of hydrogen-bond acceptors (Lipinski definition) is 4. The van der Waals surface area contributed by atoms with Gasteiger partial charge in [-0.15, -0.1) is 0 Å². The summed E-state index contributed by atoms with van der Waals surface area (Å²) in [5.74, 6) is 2.73. The number of hydrogen-bond donors (Lipinski definition) is 1. The van der Waals surface area contributed by atoms with Gasteiger partial charge in [-0.05, 0) is 22.0 Å². The summed E-state index contributed by atoms with van der Waals surface area (Å²) in [6.45, 7) is 1.64. The molecule has 0 bridgehead atoms. The van der Waals surface area contributed by atoms with E-state index < -0.39 is 0 Å². The van der Waals surface area contributed by atoms with E-state index in [-0.39, 0.29) is 5.91 Å². The second-order valence-corrected chi connectivity index (χ2v) is 5.84. The van der Waals surface area contributed by atoms with Crippen LogP contribution in [0.2, 0.25) is 0 Å². The molecule has 1 fully saturated rings. The van der Waals surface area contributed by atoms with Gasteiger partial charge in [0.1, 0.15) is 5.82 Å². The third-order valence-corrected chi connectivity index (χ3v) is 4.00. The molecule has 92 valence electrons. The predicted molar refractivity (Wildman–Crippen MR) is 74.7 cm³/mol. The van der Waals surface area contributed by atoms with E-state index in [0.717, 1.165) is 29.1 Å². The molecular formula is C11H14BrN3OS. The van der Waals surface area contributed by atoms with Crippen molar-refractivity contribution < 1.29 is 4.79 Å². The Labute approximate surface area is 113 Å². The molecule has 0 atom stereocenters. The maximum atomic E-state index is 12.3. The van der Waals surface area contributed by atoms with Crippen LogP contribution in [0.15, 0.2) is 16.7 Å². The van der Waals surface area contributed by atoms with Crippen LogP contribution < -0.4 is 5.32 Å². The standard InChI is InChI=1S/C11H14BrN3OS/c1-13-10-9(6-8(12)7-14-10)11(16)15-2-4-17-5-3-15/h6-7H,2-5H2,1H3,(H,13,14). The fraction of sp³-hybridized carbons (Fsp3) is 0.455. The molecule has 1 amide bonds. The molecule has 0 spiro atoms. The number of thioether (sulfide) groups is 1. The molecule has 1 aliphatic rings. The van der Waals surface area contributed by atoms with Crippen molar-refractivity contribution in [1.82, 2.24) is 9.88 Å². The number of halogens is 1. The van der Waals surface area contributed by atoms with Gasteiger partial charge in [0.2, 0.25) is 0 Å². The van der Waals surface area contributed by atoms with E-state index in [2.05, 4.69) is 26.2 Å². The van der Waals surface area contributed by atoms with Gasteiger partial charge in [-0.3, -0.25) is 4.79 Å². The summed E-state index contributed by atoms with van der Waals surface area (Å²) in [6.07, 6.45) is 1.69. The van der Waals surface area contributed by atoms with Crippen LogP contribution >= 0.6 is 27.7 Å². The average Bonchev–Trinajstić information content (AvgIpc) is 2.39. The van der Waals surface area contributed by atoms with Crippen molar-refractivity contribution in [3.05, 3.63) is 22.3 Å². The van der Waals surface area contributed by atoms with Crippen molar-refractivity contribution in [3.63, 3.8) is 0 Å². The minimum absolute atomic E-state index is 0.0588. The molecule has 17 heavy (non-hydrogen) atoms. The van der Waals surface area contributed by atoms with Gasteiger partial charge in [-0.25, -0.2) is 4.98 Å². The fourth-order valence-electron chi connectivity index (χ4n) is 1.74. The molecule has 2 heterocycles. The number of amides is 1. The second-order valence-electron chi connectivity index (χ2n) is 3.70. The molecule has 0 aliphatic carbocycles. The molecule has 2 rings (SSSR count). The number of pyridine rings is 1. The Bertz CT molecular complexity index is 421. The monoisotopic (exact) mass is 315 g/mol. The van der Waals surface area contributed by atoms with E-state index in [0.29, 0.717) is 11.4 Å². The Hall–Kier alpha value is -0.750. The van der Waals surface area contributed by atoms with Gasteiger partial charge in [0.05, 0.1) is 5.56 Å². The first-order valence-corrected chi connectivity index (χ1v) is 7.37. The second kappa shape index (κ2) is 5.73. The topological polar surface area (TPSA) is 45.2 Å². The number of nitrogens with one attached hydrogen (secondary N) is 1. The Kier molecular flexibility index (Phi) is 4.28. The number of carbonyl (C=O) groups is 1. The van der Waals surface area contributed by atoms with Crippen LogP contribution in [-0.2, 0) is 0 Å². The van der Waals surface area contributed by atoms with E-state index >= 15 is 0 Å². The Morgan fingerprint density at radius 3 is 2.88 bits per heavy atom. The van der Waals surface area contributed by atoms with Gasteiger partial charge in [0.15, 0.2) is 0 Å². The lowest BCUT2D eigenvalue weighted by molar-refractivity contribution is 0.0773. The Balaban J connectivity index is 2.25. The molecule has 1 N–H and O–H groups in total. The molecule has 6 heteroatoms. The van der Waals surface area contributed by atoms with E-state index in [4.69, 9.17) is 0 Å². The van der Waals surface area contributed by atoms with Crippen LogP contribution in [0.5, 0.6) is 0 Å². The zero-order chi connectivity index (χ0) is 12.3. The lowest BCUT2D eigenvalue weighted by Gasteiger charge is -2.27. The van der Waals surface area contributed by atoms with Gasteiger partial charge >= 0.3 is 0 Å². The van der Waals surface area contributed by atoms with Crippen LogP contribution in [0.1, 0.15) is 10.4 Å². The number of rotatable bonds is 2. The molecule has 0 aromatic carbocycles. The lowest BCUT2D eigenvalue weighted by atomic mass is 10.2. The smallest absolute Gasteiger partial charge is 0.257 e. The largest absolute Gasteiger partial charge is 0.372 e. The highest BCUT2D eigenvalue weighted by Gasteiger charge is 2.21. The maximum Gasteiger partial charge on any atom is 0.257 e. The number of nitrogens with zero attached hydrogens (tertiary/aromatic N) is 2. The maximum absolute atomic E-state index is 12.3. The molecular weight excluding hydrogens is 302 g/mol. The van der Waals surface area contributed by atoms with E-state index in [9.17, 15) is 4.79 Å². The van der Waals surface area contributed by atoms with Crippen molar-refractivity contribution in [2.24, 2.45) is 0 Å². The zero-order valence-electron chi connectivity index (χ0n) is 9.57. The third-order valence-electron chi connectivity index (χ3n) is 2.62. The highest BCUT2D eigenvalue weighted by atomic mass is 79.9. The zero-order valence-corrected chi connectivity index (χ0v) is 12.0. The molecule has 0 unspecified atom stereocenters. The molecule has 0 saturated carbocycles. The normalized spacial score (nSPS) is 15.8. The molecule has 1 aromatic heterocycles. The lowest BCUT2D eigenvalue weighted by Crippen LogP contribution is -2.38. The van der Waals surface area contributed by atoms with Crippen molar-refractivity contribution in [3.8, 4) is 0 Å². The highest BCUT2D eigenvalue weighted by molar-refractivity contribution is 9.10. The number of carbonyl (C=O) groups excluding carboxylic acids is 1. The van der Waals surface area contributed by atoms with Gasteiger partial charge in [0.25, 0.3) is 5.91 Å². The highest BCUT2D eigenvalue weighted by Crippen LogP contribution is 2.21. The van der Waals surface area contributed by atoms with E-state index in [1.54, 1.807) is 13.2 Å². The van der Waals surface area contributed by atoms with E-state index in [1.165, 1.54) is 0 Å². The van der Waals surface area contributed by atoms with Crippen LogP contribution in [0.4, 0.5) is 5.82 Å². The van der Waals surface area contributed by atoms with Gasteiger partial charge in [-0.2, -0.15) is 11.8 Å². The summed E-state index contributed by atoms with van der Waals surface area (Å²) in [5.41, 5.74) is 0.633. The summed E-state index contributed by atoms with van der Waals surface area (Å²) in [7, 11) is 1.78. The summed E-state index contributed by atoms with van der Waals surface area (Å²) in [4.78, 5) is 18.4. The Morgan fingerprint density at radius 2 is 2.24 bits per heavy atom. The first-order chi connectivity index (χ1) is 8.22. The summed E-state index contributed by atoms with van der Waals surface area (Å²) in [5, 5.41) is 2.96. The van der Waals surface area contributed by atoms with Gasteiger partial charge in [-0.1, -0.05) is 0 Å². The minimum atomic E-state index is 0.0588. The molecule has 1 aliphatic heterocycles.